The fourth-order valence-corrected chi connectivity index (χ4v) is 1.84. The summed E-state index contributed by atoms with van der Waals surface area (Å²) in [5.74, 6) is -0.133. The highest BCUT2D eigenvalue weighted by atomic mass is 16.2. The van der Waals surface area contributed by atoms with Crippen LogP contribution in [0.2, 0.25) is 0 Å². The van der Waals surface area contributed by atoms with Crippen molar-refractivity contribution in [1.82, 2.24) is 0 Å². The van der Waals surface area contributed by atoms with E-state index >= 15 is 0 Å². The molecule has 18 heavy (non-hydrogen) atoms. The van der Waals surface area contributed by atoms with E-state index in [1.165, 1.54) is 6.08 Å². The minimum Gasteiger partial charge on any atom is -0.278 e. The first-order valence-electron chi connectivity index (χ1n) is 5.80. The van der Waals surface area contributed by atoms with Gasteiger partial charge in [-0.15, -0.1) is 0 Å². The van der Waals surface area contributed by atoms with Crippen molar-refractivity contribution in [3.63, 3.8) is 0 Å². The summed E-state index contributed by atoms with van der Waals surface area (Å²) in [5, 5.41) is 0. The quantitative estimate of drug-likeness (QED) is 0.742. The minimum absolute atomic E-state index is 0.133. The second kappa shape index (κ2) is 5.32. The molecular formula is C16H15NO. The summed E-state index contributed by atoms with van der Waals surface area (Å²) < 4.78 is 0. The zero-order valence-corrected chi connectivity index (χ0v) is 10.3. The SMILES string of the molecule is C=CC(=O)N(c1ccccc1)c1cccc(C)c1. The van der Waals surface area contributed by atoms with Crippen LogP contribution in [0.5, 0.6) is 0 Å². The number of nitrogens with zero attached hydrogens (tertiary/aromatic N) is 1. The van der Waals surface area contributed by atoms with Gasteiger partial charge in [0.1, 0.15) is 0 Å². The standard InChI is InChI=1S/C16H15NO/c1-3-16(18)17(14-9-5-4-6-10-14)15-11-7-8-13(2)12-15/h3-12H,1H2,2H3. The lowest BCUT2D eigenvalue weighted by Gasteiger charge is -2.21. The number of rotatable bonds is 3. The number of hydrogen-bond donors (Lipinski definition) is 0. The predicted molar refractivity (Wildman–Crippen MR) is 75.0 cm³/mol. The molecule has 2 aromatic carbocycles. The first-order chi connectivity index (χ1) is 8.72. The average Bonchev–Trinajstić information content (AvgIpc) is 2.40. The molecule has 0 bridgehead atoms. The molecule has 2 rings (SSSR count). The fourth-order valence-electron chi connectivity index (χ4n) is 1.84. The van der Waals surface area contributed by atoms with Crippen molar-refractivity contribution in [2.24, 2.45) is 0 Å². The molecule has 0 aliphatic rings. The lowest BCUT2D eigenvalue weighted by Crippen LogP contribution is -2.23. The Balaban J connectivity index is 2.50. The predicted octanol–water partition coefficient (Wildman–Crippen LogP) is 3.85. The highest BCUT2D eigenvalue weighted by Crippen LogP contribution is 2.26. The van der Waals surface area contributed by atoms with E-state index in [1.54, 1.807) is 4.90 Å². The van der Waals surface area contributed by atoms with Crippen LogP contribution in [0.25, 0.3) is 0 Å². The van der Waals surface area contributed by atoms with Gasteiger partial charge in [0, 0.05) is 11.4 Å². The van der Waals surface area contributed by atoms with E-state index in [2.05, 4.69) is 6.58 Å². The number of hydrogen-bond acceptors (Lipinski definition) is 1. The number of aryl methyl sites for hydroxylation is 1. The van der Waals surface area contributed by atoms with Gasteiger partial charge in [0.2, 0.25) is 0 Å². The van der Waals surface area contributed by atoms with E-state index in [0.29, 0.717) is 0 Å². The Morgan fingerprint density at radius 2 is 1.72 bits per heavy atom. The summed E-state index contributed by atoms with van der Waals surface area (Å²) in [6.45, 7) is 5.57. The van der Waals surface area contributed by atoms with Gasteiger partial charge >= 0.3 is 0 Å². The van der Waals surface area contributed by atoms with Gasteiger partial charge in [0.05, 0.1) is 0 Å². The van der Waals surface area contributed by atoms with Gasteiger partial charge in [0.15, 0.2) is 0 Å². The van der Waals surface area contributed by atoms with E-state index in [4.69, 9.17) is 0 Å². The van der Waals surface area contributed by atoms with Crippen molar-refractivity contribution >= 4 is 17.3 Å². The molecular weight excluding hydrogens is 222 g/mol. The van der Waals surface area contributed by atoms with Crippen molar-refractivity contribution in [2.45, 2.75) is 6.92 Å². The largest absolute Gasteiger partial charge is 0.278 e. The van der Waals surface area contributed by atoms with Crippen molar-refractivity contribution in [3.05, 3.63) is 72.8 Å². The minimum atomic E-state index is -0.133. The van der Waals surface area contributed by atoms with Crippen LogP contribution in [-0.4, -0.2) is 5.91 Å². The second-order valence-corrected chi connectivity index (χ2v) is 4.05. The Morgan fingerprint density at radius 3 is 2.33 bits per heavy atom. The van der Waals surface area contributed by atoms with Crippen LogP contribution in [0, 0.1) is 6.92 Å². The molecule has 0 spiro atoms. The highest BCUT2D eigenvalue weighted by molar-refractivity contribution is 6.06. The van der Waals surface area contributed by atoms with Gasteiger partial charge in [0.25, 0.3) is 5.91 Å². The summed E-state index contributed by atoms with van der Waals surface area (Å²) >= 11 is 0. The Hall–Kier alpha value is -2.35. The summed E-state index contributed by atoms with van der Waals surface area (Å²) in [7, 11) is 0. The molecule has 0 saturated carbocycles. The Bertz CT molecular complexity index is 560. The lowest BCUT2D eigenvalue weighted by atomic mass is 10.2. The molecule has 0 aliphatic carbocycles. The third kappa shape index (κ3) is 2.48. The van der Waals surface area contributed by atoms with Gasteiger partial charge in [-0.1, -0.05) is 36.9 Å². The molecule has 90 valence electrons. The Morgan fingerprint density at radius 1 is 1.06 bits per heavy atom. The molecule has 0 N–H and O–H groups in total. The molecule has 0 atom stereocenters. The van der Waals surface area contributed by atoms with E-state index < -0.39 is 0 Å². The zero-order chi connectivity index (χ0) is 13.0. The van der Waals surface area contributed by atoms with Crippen molar-refractivity contribution in [2.75, 3.05) is 4.90 Å². The van der Waals surface area contributed by atoms with Crippen molar-refractivity contribution in [3.8, 4) is 0 Å². The third-order valence-electron chi connectivity index (χ3n) is 2.67. The van der Waals surface area contributed by atoms with Gasteiger partial charge in [-0.2, -0.15) is 0 Å². The van der Waals surface area contributed by atoms with Crippen LogP contribution < -0.4 is 4.90 Å². The van der Waals surface area contributed by atoms with E-state index in [1.807, 2.05) is 61.5 Å². The van der Waals surface area contributed by atoms with Crippen LogP contribution in [0.15, 0.2) is 67.3 Å². The summed E-state index contributed by atoms with van der Waals surface area (Å²) in [4.78, 5) is 13.7. The van der Waals surface area contributed by atoms with Crippen molar-refractivity contribution < 1.29 is 4.79 Å². The molecule has 0 unspecified atom stereocenters. The number of para-hydroxylation sites is 1. The van der Waals surface area contributed by atoms with Crippen LogP contribution >= 0.6 is 0 Å². The molecule has 0 aliphatic heterocycles. The smallest absolute Gasteiger partial charge is 0.254 e. The van der Waals surface area contributed by atoms with Gasteiger partial charge in [-0.3, -0.25) is 9.69 Å². The number of anilines is 2. The maximum Gasteiger partial charge on any atom is 0.254 e. The number of carbonyl (C=O) groups is 1. The Kier molecular flexibility index (Phi) is 3.58. The first kappa shape index (κ1) is 12.1. The molecule has 1 amide bonds. The summed E-state index contributed by atoms with van der Waals surface area (Å²) in [6, 6.07) is 17.4. The number of benzene rings is 2. The maximum atomic E-state index is 12.0. The van der Waals surface area contributed by atoms with Gasteiger partial charge in [-0.05, 0) is 42.8 Å². The number of carbonyl (C=O) groups excluding carboxylic acids is 1. The molecule has 0 saturated heterocycles. The van der Waals surface area contributed by atoms with E-state index in [-0.39, 0.29) is 5.91 Å². The van der Waals surface area contributed by atoms with Gasteiger partial charge < -0.3 is 0 Å². The number of amides is 1. The third-order valence-corrected chi connectivity index (χ3v) is 2.67. The highest BCUT2D eigenvalue weighted by Gasteiger charge is 2.14. The fraction of sp³-hybridized carbons (Fsp3) is 0.0625. The molecule has 2 nitrogen and oxygen atoms in total. The van der Waals surface area contributed by atoms with Crippen LogP contribution in [-0.2, 0) is 4.79 Å². The van der Waals surface area contributed by atoms with Gasteiger partial charge in [-0.25, -0.2) is 0 Å². The average molecular weight is 237 g/mol. The van der Waals surface area contributed by atoms with Crippen LogP contribution in [0.1, 0.15) is 5.56 Å². The van der Waals surface area contributed by atoms with Crippen LogP contribution in [0.4, 0.5) is 11.4 Å². The first-order valence-corrected chi connectivity index (χ1v) is 5.80. The van der Waals surface area contributed by atoms with Crippen LogP contribution in [0.3, 0.4) is 0 Å². The zero-order valence-electron chi connectivity index (χ0n) is 10.3. The van der Waals surface area contributed by atoms with Crippen molar-refractivity contribution in [1.29, 1.82) is 0 Å². The van der Waals surface area contributed by atoms with E-state index in [0.717, 1.165) is 16.9 Å². The monoisotopic (exact) mass is 237 g/mol. The summed E-state index contributed by atoms with van der Waals surface area (Å²) in [6.07, 6.45) is 1.33. The lowest BCUT2D eigenvalue weighted by molar-refractivity contribution is -0.113. The molecule has 0 fully saturated rings. The Labute approximate surface area is 107 Å². The normalized spacial score (nSPS) is 9.83. The summed E-state index contributed by atoms with van der Waals surface area (Å²) in [5.41, 5.74) is 2.81. The maximum absolute atomic E-state index is 12.0. The molecule has 0 heterocycles. The molecule has 0 aromatic heterocycles. The molecule has 0 radical (unpaired) electrons. The second-order valence-electron chi connectivity index (χ2n) is 4.05. The van der Waals surface area contributed by atoms with E-state index in [9.17, 15) is 4.79 Å². The molecule has 2 aromatic rings. The topological polar surface area (TPSA) is 20.3 Å². The molecule has 2 heteroatoms.